The average molecular weight is 399 g/mol. The van der Waals surface area contributed by atoms with Crippen LogP contribution >= 0.6 is 0 Å². The van der Waals surface area contributed by atoms with Crippen molar-refractivity contribution < 1.29 is 31.2 Å². The lowest BCUT2D eigenvalue weighted by atomic mass is 10.2. The first-order valence-electron chi connectivity index (χ1n) is 7.53. The molecule has 0 spiro atoms. The summed E-state index contributed by atoms with van der Waals surface area (Å²) in [6.45, 7) is -0.769. The number of hydrogen-bond acceptors (Lipinski definition) is 4. The Kier molecular flexibility index (Phi) is 4.89. The van der Waals surface area contributed by atoms with Gasteiger partial charge in [-0.2, -0.15) is 0 Å². The summed E-state index contributed by atoms with van der Waals surface area (Å²) in [5, 5.41) is 4.50. The molecule has 0 bridgehead atoms. The second-order valence-electron chi connectivity index (χ2n) is 5.64. The van der Waals surface area contributed by atoms with E-state index in [0.717, 1.165) is 6.07 Å². The number of nitrogens with one attached hydrogen (secondary N) is 3. The summed E-state index contributed by atoms with van der Waals surface area (Å²) < 4.78 is 66.0. The van der Waals surface area contributed by atoms with Gasteiger partial charge in [-0.3, -0.25) is 9.59 Å². The number of rotatable bonds is 5. The molecular formula is C16H12F3N3O4S. The largest absolute Gasteiger partial charge is 0.326 e. The van der Waals surface area contributed by atoms with Gasteiger partial charge in [-0.05, 0) is 35.9 Å². The highest BCUT2D eigenvalue weighted by Gasteiger charge is 2.22. The number of fused-ring (bicyclic) bond motifs is 1. The van der Waals surface area contributed by atoms with E-state index in [4.69, 9.17) is 0 Å². The predicted molar refractivity (Wildman–Crippen MR) is 88.9 cm³/mol. The minimum atomic E-state index is -4.09. The Balaban J connectivity index is 1.67. The van der Waals surface area contributed by atoms with Gasteiger partial charge in [-0.15, -0.1) is 0 Å². The standard InChI is InChI=1S/C16H12F3N3O4S/c17-10-2-4-12(16(19)15(10)18)22-14(24)7-20-27(25,26)9-1-3-11-8(5-9)6-13(23)21-11/h1-5,20H,6-7H2,(H,21,23)(H,22,24). The molecular weight excluding hydrogens is 387 g/mol. The lowest BCUT2D eigenvalue weighted by molar-refractivity contribution is -0.115. The Morgan fingerprint density at radius 3 is 2.59 bits per heavy atom. The topological polar surface area (TPSA) is 104 Å². The molecule has 0 radical (unpaired) electrons. The summed E-state index contributed by atoms with van der Waals surface area (Å²) in [6.07, 6.45) is 0.0363. The molecule has 0 fully saturated rings. The van der Waals surface area contributed by atoms with Crippen LogP contribution in [0.1, 0.15) is 5.56 Å². The van der Waals surface area contributed by atoms with Gasteiger partial charge in [0.2, 0.25) is 21.8 Å². The number of anilines is 2. The van der Waals surface area contributed by atoms with Crippen molar-refractivity contribution in [2.45, 2.75) is 11.3 Å². The molecule has 1 heterocycles. The van der Waals surface area contributed by atoms with Crippen LogP contribution in [0.5, 0.6) is 0 Å². The summed E-state index contributed by atoms with van der Waals surface area (Å²) in [5.74, 6) is -6.02. The van der Waals surface area contributed by atoms with Crippen molar-refractivity contribution in [1.29, 1.82) is 0 Å². The van der Waals surface area contributed by atoms with Gasteiger partial charge in [0.15, 0.2) is 17.5 Å². The van der Waals surface area contributed by atoms with Crippen LogP contribution in [0.2, 0.25) is 0 Å². The molecule has 0 saturated carbocycles. The molecule has 2 aromatic carbocycles. The lowest BCUT2D eigenvalue weighted by Crippen LogP contribution is -2.33. The van der Waals surface area contributed by atoms with Gasteiger partial charge in [0, 0.05) is 5.69 Å². The zero-order chi connectivity index (χ0) is 19.8. The number of halogens is 3. The fourth-order valence-corrected chi connectivity index (χ4v) is 3.47. The molecule has 2 aromatic rings. The van der Waals surface area contributed by atoms with Crippen LogP contribution in [0.15, 0.2) is 35.2 Å². The van der Waals surface area contributed by atoms with Gasteiger partial charge in [0.1, 0.15) is 0 Å². The first-order valence-corrected chi connectivity index (χ1v) is 9.01. The van der Waals surface area contributed by atoms with E-state index in [0.29, 0.717) is 17.3 Å². The van der Waals surface area contributed by atoms with Crippen LogP contribution in [-0.4, -0.2) is 26.8 Å². The molecule has 27 heavy (non-hydrogen) atoms. The maximum Gasteiger partial charge on any atom is 0.241 e. The molecule has 0 aliphatic carbocycles. The van der Waals surface area contributed by atoms with Gasteiger partial charge in [-0.1, -0.05) is 0 Å². The van der Waals surface area contributed by atoms with Crippen LogP contribution in [0.4, 0.5) is 24.5 Å². The predicted octanol–water partition coefficient (Wildman–Crippen LogP) is 1.52. The van der Waals surface area contributed by atoms with Gasteiger partial charge >= 0.3 is 0 Å². The SMILES string of the molecule is O=C1Cc2cc(S(=O)(=O)NCC(=O)Nc3ccc(F)c(F)c3F)ccc2N1. The number of hydrogen-bond donors (Lipinski definition) is 3. The minimum Gasteiger partial charge on any atom is -0.326 e. The minimum absolute atomic E-state index is 0.0363. The summed E-state index contributed by atoms with van der Waals surface area (Å²) >= 11 is 0. The van der Waals surface area contributed by atoms with E-state index in [9.17, 15) is 31.2 Å². The maximum absolute atomic E-state index is 13.5. The van der Waals surface area contributed by atoms with E-state index < -0.39 is 45.6 Å². The zero-order valence-electron chi connectivity index (χ0n) is 13.5. The van der Waals surface area contributed by atoms with Crippen LogP contribution in [0.25, 0.3) is 0 Å². The lowest BCUT2D eigenvalue weighted by Gasteiger charge is -2.10. The quantitative estimate of drug-likeness (QED) is 0.663. The van der Waals surface area contributed by atoms with Gasteiger partial charge in [0.25, 0.3) is 0 Å². The number of carbonyl (C=O) groups is 2. The monoisotopic (exact) mass is 399 g/mol. The molecule has 0 aromatic heterocycles. The number of amides is 2. The van der Waals surface area contributed by atoms with Crippen molar-refractivity contribution in [3.8, 4) is 0 Å². The summed E-state index contributed by atoms with van der Waals surface area (Å²) in [7, 11) is -4.09. The fourth-order valence-electron chi connectivity index (χ4n) is 2.43. The molecule has 142 valence electrons. The van der Waals surface area contributed by atoms with Crippen LogP contribution in [0.3, 0.4) is 0 Å². The molecule has 11 heteroatoms. The van der Waals surface area contributed by atoms with E-state index in [1.54, 1.807) is 0 Å². The van der Waals surface area contributed by atoms with Crippen molar-refractivity contribution >= 4 is 33.2 Å². The molecule has 1 aliphatic heterocycles. The van der Waals surface area contributed by atoms with Gasteiger partial charge in [0.05, 0.1) is 23.5 Å². The highest BCUT2D eigenvalue weighted by Crippen LogP contribution is 2.25. The van der Waals surface area contributed by atoms with E-state index in [-0.39, 0.29) is 17.2 Å². The Bertz CT molecular complexity index is 1060. The second-order valence-corrected chi connectivity index (χ2v) is 7.41. The van der Waals surface area contributed by atoms with Crippen LogP contribution in [0, 0.1) is 17.5 Å². The molecule has 0 unspecified atom stereocenters. The number of benzene rings is 2. The van der Waals surface area contributed by atoms with Gasteiger partial charge < -0.3 is 10.6 Å². The van der Waals surface area contributed by atoms with E-state index in [1.807, 2.05) is 10.0 Å². The first-order chi connectivity index (χ1) is 12.7. The maximum atomic E-state index is 13.5. The van der Waals surface area contributed by atoms with Crippen molar-refractivity contribution in [2.24, 2.45) is 0 Å². The van der Waals surface area contributed by atoms with E-state index >= 15 is 0 Å². The zero-order valence-corrected chi connectivity index (χ0v) is 14.3. The summed E-state index contributed by atoms with van der Waals surface area (Å²) in [4.78, 5) is 22.9. The average Bonchev–Trinajstić information content (AvgIpc) is 3.00. The second kappa shape index (κ2) is 7.00. The first kappa shape index (κ1) is 18.9. The highest BCUT2D eigenvalue weighted by atomic mass is 32.2. The fraction of sp³-hybridized carbons (Fsp3) is 0.125. The number of sulfonamides is 1. The third kappa shape index (κ3) is 3.93. The number of carbonyl (C=O) groups excluding carboxylic acids is 2. The Morgan fingerprint density at radius 2 is 1.85 bits per heavy atom. The Hall–Kier alpha value is -2.92. The highest BCUT2D eigenvalue weighted by molar-refractivity contribution is 7.89. The summed E-state index contributed by atoms with van der Waals surface area (Å²) in [6, 6.07) is 5.40. The molecule has 0 saturated heterocycles. The van der Waals surface area contributed by atoms with Crippen LogP contribution < -0.4 is 15.4 Å². The van der Waals surface area contributed by atoms with Crippen molar-refractivity contribution in [3.63, 3.8) is 0 Å². The van der Waals surface area contributed by atoms with E-state index in [2.05, 4.69) is 5.32 Å². The third-order valence-electron chi connectivity index (χ3n) is 3.74. The van der Waals surface area contributed by atoms with Crippen LogP contribution in [-0.2, 0) is 26.0 Å². The Labute approximate surface area is 151 Å². The molecule has 3 rings (SSSR count). The van der Waals surface area contributed by atoms with E-state index in [1.165, 1.54) is 18.2 Å². The third-order valence-corrected chi connectivity index (χ3v) is 5.14. The van der Waals surface area contributed by atoms with Crippen molar-refractivity contribution in [2.75, 3.05) is 17.2 Å². The van der Waals surface area contributed by atoms with Gasteiger partial charge in [-0.25, -0.2) is 26.3 Å². The Morgan fingerprint density at radius 1 is 1.11 bits per heavy atom. The normalized spacial score (nSPS) is 13.2. The smallest absolute Gasteiger partial charge is 0.241 e. The molecule has 7 nitrogen and oxygen atoms in total. The molecule has 3 N–H and O–H groups in total. The summed E-state index contributed by atoms with van der Waals surface area (Å²) in [5.41, 5.74) is 0.377. The van der Waals surface area contributed by atoms with Crippen molar-refractivity contribution in [3.05, 3.63) is 53.3 Å². The van der Waals surface area contributed by atoms with Crippen molar-refractivity contribution in [1.82, 2.24) is 4.72 Å². The molecule has 2 amide bonds. The molecule has 1 aliphatic rings. The molecule has 0 atom stereocenters.